The Hall–Kier alpha value is -1.35. The van der Waals surface area contributed by atoms with Crippen molar-refractivity contribution in [3.8, 4) is 0 Å². The van der Waals surface area contributed by atoms with E-state index < -0.39 is 0 Å². The van der Waals surface area contributed by atoms with E-state index in [4.69, 9.17) is 0 Å². The molecule has 2 rings (SSSR count). The van der Waals surface area contributed by atoms with Crippen LogP contribution in [0.1, 0.15) is 30.1 Å². The maximum absolute atomic E-state index is 12.3. The van der Waals surface area contributed by atoms with Gasteiger partial charge in [0.25, 0.3) is 0 Å². The first-order valence-corrected chi connectivity index (χ1v) is 6.78. The van der Waals surface area contributed by atoms with Gasteiger partial charge in [0.15, 0.2) is 5.78 Å². The van der Waals surface area contributed by atoms with Gasteiger partial charge < -0.3 is 10.2 Å². The molecule has 1 aromatic rings. The smallest absolute Gasteiger partial charge is 0.166 e. The summed E-state index contributed by atoms with van der Waals surface area (Å²) in [6, 6.07) is 8.01. The standard InChI is InChI=1S/C15H22N2O/c1-3-17(2)14-6-4-12(5-7-14)15(18)13-8-10-16-11-9-13/h4-7,13,16H,3,8-11H2,1-2H3. The van der Waals surface area contributed by atoms with Gasteiger partial charge >= 0.3 is 0 Å². The second kappa shape index (κ2) is 6.01. The molecule has 0 spiro atoms. The number of nitrogens with one attached hydrogen (secondary N) is 1. The Labute approximate surface area is 109 Å². The van der Waals surface area contributed by atoms with E-state index in [1.807, 2.05) is 24.3 Å². The zero-order valence-corrected chi connectivity index (χ0v) is 11.3. The Morgan fingerprint density at radius 3 is 2.44 bits per heavy atom. The monoisotopic (exact) mass is 246 g/mol. The van der Waals surface area contributed by atoms with Crippen LogP contribution in [0.3, 0.4) is 0 Å². The number of Topliss-reactive ketones (excluding diaryl/α,β-unsaturated/α-hetero) is 1. The first-order valence-electron chi connectivity index (χ1n) is 6.78. The lowest BCUT2D eigenvalue weighted by Crippen LogP contribution is -2.31. The Morgan fingerprint density at radius 1 is 1.28 bits per heavy atom. The average Bonchev–Trinajstić information content (AvgIpc) is 2.47. The number of carbonyl (C=O) groups excluding carboxylic acids is 1. The van der Waals surface area contributed by atoms with Crippen LogP contribution in [0.15, 0.2) is 24.3 Å². The number of rotatable bonds is 4. The summed E-state index contributed by atoms with van der Waals surface area (Å²) >= 11 is 0. The molecule has 0 radical (unpaired) electrons. The van der Waals surface area contributed by atoms with Crippen LogP contribution < -0.4 is 10.2 Å². The van der Waals surface area contributed by atoms with E-state index in [0.717, 1.165) is 38.0 Å². The highest BCUT2D eigenvalue weighted by molar-refractivity contribution is 5.98. The van der Waals surface area contributed by atoms with E-state index in [9.17, 15) is 4.79 Å². The minimum absolute atomic E-state index is 0.209. The molecule has 0 amide bonds. The third-order valence-corrected chi connectivity index (χ3v) is 3.78. The zero-order valence-electron chi connectivity index (χ0n) is 11.3. The third-order valence-electron chi connectivity index (χ3n) is 3.78. The summed E-state index contributed by atoms with van der Waals surface area (Å²) < 4.78 is 0. The summed E-state index contributed by atoms with van der Waals surface area (Å²) in [5, 5.41) is 3.29. The highest BCUT2D eigenvalue weighted by Crippen LogP contribution is 2.20. The molecule has 98 valence electrons. The van der Waals surface area contributed by atoms with Crippen molar-refractivity contribution < 1.29 is 4.79 Å². The number of hydrogen-bond acceptors (Lipinski definition) is 3. The number of ketones is 1. The molecular formula is C15H22N2O. The molecule has 1 aliphatic heterocycles. The second-order valence-electron chi connectivity index (χ2n) is 4.95. The first kappa shape index (κ1) is 13.1. The molecule has 1 fully saturated rings. The lowest BCUT2D eigenvalue weighted by molar-refractivity contribution is 0.0895. The maximum Gasteiger partial charge on any atom is 0.166 e. The van der Waals surface area contributed by atoms with Gasteiger partial charge in [0, 0.05) is 30.8 Å². The molecule has 1 saturated heterocycles. The minimum Gasteiger partial charge on any atom is -0.375 e. The molecule has 18 heavy (non-hydrogen) atoms. The molecule has 0 saturated carbocycles. The van der Waals surface area contributed by atoms with Gasteiger partial charge in [0.05, 0.1) is 0 Å². The van der Waals surface area contributed by atoms with E-state index >= 15 is 0 Å². The maximum atomic E-state index is 12.3. The first-order chi connectivity index (χ1) is 8.72. The number of hydrogen-bond donors (Lipinski definition) is 1. The van der Waals surface area contributed by atoms with Gasteiger partial charge in [-0.05, 0) is 57.1 Å². The molecular weight excluding hydrogens is 224 g/mol. The van der Waals surface area contributed by atoms with Gasteiger partial charge in [0.1, 0.15) is 0 Å². The quantitative estimate of drug-likeness (QED) is 0.828. The fourth-order valence-electron chi connectivity index (χ4n) is 2.38. The van der Waals surface area contributed by atoms with E-state index in [1.54, 1.807) is 0 Å². The van der Waals surface area contributed by atoms with E-state index in [0.29, 0.717) is 5.78 Å². The van der Waals surface area contributed by atoms with Crippen LogP contribution in [0.4, 0.5) is 5.69 Å². The highest BCUT2D eigenvalue weighted by atomic mass is 16.1. The number of benzene rings is 1. The van der Waals surface area contributed by atoms with Gasteiger partial charge in [-0.1, -0.05) is 0 Å². The van der Waals surface area contributed by atoms with Gasteiger partial charge in [-0.25, -0.2) is 0 Å². The van der Waals surface area contributed by atoms with E-state index in [1.165, 1.54) is 5.69 Å². The Kier molecular flexibility index (Phi) is 4.37. The van der Waals surface area contributed by atoms with E-state index in [-0.39, 0.29) is 5.92 Å². The number of anilines is 1. The normalized spacial score (nSPS) is 16.6. The summed E-state index contributed by atoms with van der Waals surface area (Å²) in [5.74, 6) is 0.517. The van der Waals surface area contributed by atoms with Crippen LogP contribution in [-0.2, 0) is 0 Å². The minimum atomic E-state index is 0.209. The van der Waals surface area contributed by atoms with Crippen molar-refractivity contribution in [3.63, 3.8) is 0 Å². The van der Waals surface area contributed by atoms with Crippen LogP contribution in [0.5, 0.6) is 0 Å². The Balaban J connectivity index is 2.06. The average molecular weight is 246 g/mol. The molecule has 3 heteroatoms. The zero-order chi connectivity index (χ0) is 13.0. The molecule has 1 aromatic carbocycles. The lowest BCUT2D eigenvalue weighted by Gasteiger charge is -2.22. The molecule has 3 nitrogen and oxygen atoms in total. The highest BCUT2D eigenvalue weighted by Gasteiger charge is 2.21. The van der Waals surface area contributed by atoms with Gasteiger partial charge in [-0.3, -0.25) is 4.79 Å². The fraction of sp³-hybridized carbons (Fsp3) is 0.533. The van der Waals surface area contributed by atoms with Crippen LogP contribution in [-0.4, -0.2) is 32.5 Å². The molecule has 0 aromatic heterocycles. The topological polar surface area (TPSA) is 32.3 Å². The van der Waals surface area contributed by atoms with Crippen LogP contribution in [0.2, 0.25) is 0 Å². The molecule has 0 aliphatic carbocycles. The molecule has 1 heterocycles. The summed E-state index contributed by atoms with van der Waals surface area (Å²) in [6.07, 6.45) is 1.94. The number of piperidine rings is 1. The van der Waals surface area contributed by atoms with Crippen molar-refractivity contribution in [2.24, 2.45) is 5.92 Å². The van der Waals surface area contributed by atoms with Crippen molar-refractivity contribution >= 4 is 11.5 Å². The number of nitrogens with zero attached hydrogens (tertiary/aromatic N) is 1. The summed E-state index contributed by atoms with van der Waals surface area (Å²) in [4.78, 5) is 14.5. The lowest BCUT2D eigenvalue weighted by atomic mass is 9.89. The van der Waals surface area contributed by atoms with Crippen LogP contribution >= 0.6 is 0 Å². The molecule has 1 aliphatic rings. The SMILES string of the molecule is CCN(C)c1ccc(C(=O)C2CCNCC2)cc1. The van der Waals surface area contributed by atoms with Crippen molar-refractivity contribution in [3.05, 3.63) is 29.8 Å². The van der Waals surface area contributed by atoms with Gasteiger partial charge in [-0.2, -0.15) is 0 Å². The second-order valence-corrected chi connectivity index (χ2v) is 4.95. The fourth-order valence-corrected chi connectivity index (χ4v) is 2.38. The summed E-state index contributed by atoms with van der Waals surface area (Å²) in [6.45, 7) is 5.02. The van der Waals surface area contributed by atoms with Gasteiger partial charge in [0.2, 0.25) is 0 Å². The molecule has 1 N–H and O–H groups in total. The van der Waals surface area contributed by atoms with E-state index in [2.05, 4.69) is 24.2 Å². The van der Waals surface area contributed by atoms with Crippen molar-refractivity contribution in [2.75, 3.05) is 31.6 Å². The van der Waals surface area contributed by atoms with Crippen molar-refractivity contribution in [2.45, 2.75) is 19.8 Å². The molecule has 0 atom stereocenters. The van der Waals surface area contributed by atoms with Crippen molar-refractivity contribution in [1.82, 2.24) is 5.32 Å². The third kappa shape index (κ3) is 2.91. The van der Waals surface area contributed by atoms with Crippen LogP contribution in [0.25, 0.3) is 0 Å². The molecule has 0 unspecified atom stereocenters. The van der Waals surface area contributed by atoms with Crippen molar-refractivity contribution in [1.29, 1.82) is 0 Å². The Morgan fingerprint density at radius 2 is 1.89 bits per heavy atom. The molecule has 0 bridgehead atoms. The summed E-state index contributed by atoms with van der Waals surface area (Å²) in [5.41, 5.74) is 2.02. The predicted molar refractivity (Wildman–Crippen MR) is 75.3 cm³/mol. The predicted octanol–water partition coefficient (Wildman–Crippen LogP) is 2.33. The number of carbonyl (C=O) groups is 1. The van der Waals surface area contributed by atoms with Crippen LogP contribution in [0, 0.1) is 5.92 Å². The largest absolute Gasteiger partial charge is 0.375 e. The van der Waals surface area contributed by atoms with Gasteiger partial charge in [-0.15, -0.1) is 0 Å². The Bertz CT molecular complexity index is 393. The summed E-state index contributed by atoms with van der Waals surface area (Å²) in [7, 11) is 2.06.